The van der Waals surface area contributed by atoms with E-state index in [1.165, 1.54) is 7.11 Å². The molecule has 0 aromatic carbocycles. The van der Waals surface area contributed by atoms with Gasteiger partial charge >= 0.3 is 18.0 Å². The van der Waals surface area contributed by atoms with E-state index < -0.39 is 28.6 Å². The Hall–Kier alpha value is -2.04. The summed E-state index contributed by atoms with van der Waals surface area (Å²) >= 11 is 0. The van der Waals surface area contributed by atoms with Crippen LogP contribution in [0.3, 0.4) is 0 Å². The van der Waals surface area contributed by atoms with E-state index in [2.05, 4.69) is 5.32 Å². The van der Waals surface area contributed by atoms with Crippen molar-refractivity contribution in [3.63, 3.8) is 0 Å². The quantitative estimate of drug-likeness (QED) is 0.243. The topological polar surface area (TPSA) is 122 Å². The highest BCUT2D eigenvalue weighted by atomic mass is 16.6. The summed E-state index contributed by atoms with van der Waals surface area (Å²) in [6.07, 6.45) is 4.74. The molecule has 2 N–H and O–H groups in total. The van der Waals surface area contributed by atoms with Gasteiger partial charge in [0.15, 0.2) is 0 Å². The minimum atomic E-state index is -0.928. The van der Waals surface area contributed by atoms with Gasteiger partial charge in [0.05, 0.1) is 25.6 Å². The van der Waals surface area contributed by atoms with Gasteiger partial charge < -0.3 is 9.47 Å². The molecule has 1 heterocycles. The normalized spacial score (nSPS) is 25.6. The summed E-state index contributed by atoms with van der Waals surface area (Å²) < 4.78 is 9.51. The van der Waals surface area contributed by atoms with Crippen molar-refractivity contribution >= 4 is 24.4 Å². The monoisotopic (exact) mass is 442 g/mol. The lowest BCUT2D eigenvalue weighted by molar-refractivity contribution is -0.786. The number of methoxy groups -OCH3 is 1. The van der Waals surface area contributed by atoms with Crippen LogP contribution in [-0.2, 0) is 19.1 Å². The van der Waals surface area contributed by atoms with E-state index in [4.69, 9.17) is 9.47 Å². The molecule has 0 aromatic rings. The summed E-state index contributed by atoms with van der Waals surface area (Å²) in [5, 5.41) is 12.5. The number of amides is 5. The second kappa shape index (κ2) is 11.5. The maximum Gasteiger partial charge on any atom is 0.433 e. The fourth-order valence-corrected chi connectivity index (χ4v) is 4.97. The van der Waals surface area contributed by atoms with Gasteiger partial charge in [0, 0.05) is 20.0 Å². The standard InChI is InChI=1S/C21H35N3O7/c1-15-7-6-10-24(15,20(27)22-21(28)31-16(2)13-30-3)19(26)18(12-23(29)14-25)11-17-8-4-5-9-17/h14-18,29H,4-13H2,1-3H3/p+1/t15-,16+,18-,24?/m1/s1. The minimum absolute atomic E-state index is 0.172. The van der Waals surface area contributed by atoms with Crippen LogP contribution in [0.5, 0.6) is 0 Å². The van der Waals surface area contributed by atoms with Gasteiger partial charge in [-0.05, 0) is 26.2 Å². The number of hydroxylamine groups is 2. The zero-order chi connectivity index (χ0) is 23.0. The summed E-state index contributed by atoms with van der Waals surface area (Å²) in [6, 6.07) is -1.05. The van der Waals surface area contributed by atoms with Crippen molar-refractivity contribution in [2.24, 2.45) is 11.8 Å². The molecule has 10 nitrogen and oxygen atoms in total. The Morgan fingerprint density at radius 3 is 2.45 bits per heavy atom. The van der Waals surface area contributed by atoms with E-state index >= 15 is 0 Å². The molecule has 2 rings (SSSR count). The Labute approximate surface area is 183 Å². The van der Waals surface area contributed by atoms with Crippen LogP contribution in [0.25, 0.3) is 0 Å². The number of ether oxygens (including phenoxy) is 2. The summed E-state index contributed by atoms with van der Waals surface area (Å²) in [6.45, 7) is 3.72. The number of alkyl carbamates (subject to hydrolysis) is 1. The van der Waals surface area contributed by atoms with Gasteiger partial charge in [-0.25, -0.2) is 24.8 Å². The molecular weight excluding hydrogens is 406 g/mol. The molecular formula is C21H36N3O7+. The van der Waals surface area contributed by atoms with E-state index in [0.29, 0.717) is 30.2 Å². The van der Waals surface area contributed by atoms with Gasteiger partial charge in [-0.3, -0.25) is 10.0 Å². The zero-order valence-electron chi connectivity index (χ0n) is 18.7. The number of likely N-dealkylation sites (tertiary alicyclic amines) is 1. The van der Waals surface area contributed by atoms with Crippen LogP contribution < -0.4 is 5.32 Å². The van der Waals surface area contributed by atoms with Gasteiger partial charge in [0.25, 0.3) is 0 Å². The van der Waals surface area contributed by atoms with Gasteiger partial charge in [-0.15, -0.1) is 0 Å². The molecule has 31 heavy (non-hydrogen) atoms. The third-order valence-corrected chi connectivity index (χ3v) is 6.53. The van der Waals surface area contributed by atoms with E-state index in [-0.39, 0.29) is 38.1 Å². The van der Waals surface area contributed by atoms with E-state index in [1.807, 2.05) is 6.92 Å². The highest BCUT2D eigenvalue weighted by Crippen LogP contribution is 2.35. The lowest BCUT2D eigenvalue weighted by Crippen LogP contribution is -2.65. The average Bonchev–Trinajstić information content (AvgIpc) is 3.36. The molecule has 0 spiro atoms. The zero-order valence-corrected chi connectivity index (χ0v) is 18.7. The molecule has 1 unspecified atom stereocenters. The molecule has 1 saturated heterocycles. The number of nitrogens with zero attached hydrogens (tertiary/aromatic N) is 2. The molecule has 0 radical (unpaired) electrons. The Balaban J connectivity index is 2.22. The second-order valence-electron chi connectivity index (χ2n) is 8.83. The number of quaternary nitrogens is 1. The SMILES string of the molecule is COC[C@H](C)OC(=O)NC(=O)[N+]1(C(=O)[C@H](CC2CCCC2)CN(O)C=O)CCC[C@H]1C. The van der Waals surface area contributed by atoms with Crippen molar-refractivity contribution < 1.29 is 38.3 Å². The lowest BCUT2D eigenvalue weighted by Gasteiger charge is -2.36. The van der Waals surface area contributed by atoms with Crippen LogP contribution in [0, 0.1) is 11.8 Å². The number of rotatable bonds is 9. The number of nitrogens with one attached hydrogen (secondary N) is 1. The largest absolute Gasteiger partial charge is 0.444 e. The van der Waals surface area contributed by atoms with Crippen molar-refractivity contribution in [3.8, 4) is 0 Å². The molecule has 4 atom stereocenters. The average molecular weight is 443 g/mol. The highest BCUT2D eigenvalue weighted by molar-refractivity contribution is 5.93. The molecule has 1 aliphatic heterocycles. The molecule has 2 aliphatic rings. The number of urea groups is 1. The van der Waals surface area contributed by atoms with Crippen LogP contribution in [0.15, 0.2) is 0 Å². The Morgan fingerprint density at radius 1 is 1.23 bits per heavy atom. The molecule has 1 saturated carbocycles. The molecule has 0 aromatic heterocycles. The molecule has 10 heteroatoms. The smallest absolute Gasteiger partial charge is 0.433 e. The van der Waals surface area contributed by atoms with E-state index in [1.54, 1.807) is 6.92 Å². The summed E-state index contributed by atoms with van der Waals surface area (Å²) in [7, 11) is 1.47. The van der Waals surface area contributed by atoms with Crippen molar-refractivity contribution in [2.45, 2.75) is 70.9 Å². The first kappa shape index (κ1) is 25.2. The Morgan fingerprint density at radius 2 is 1.90 bits per heavy atom. The summed E-state index contributed by atoms with van der Waals surface area (Å²) in [5.74, 6) is -0.754. The first-order valence-electron chi connectivity index (χ1n) is 11.1. The van der Waals surface area contributed by atoms with Crippen LogP contribution in [-0.4, -0.2) is 78.1 Å². The molecule has 1 aliphatic carbocycles. The van der Waals surface area contributed by atoms with Crippen LogP contribution in [0.4, 0.5) is 9.59 Å². The first-order chi connectivity index (χ1) is 14.7. The van der Waals surface area contributed by atoms with Crippen LogP contribution in [0.1, 0.15) is 58.8 Å². The summed E-state index contributed by atoms with van der Waals surface area (Å²) in [5.41, 5.74) is 0. The van der Waals surface area contributed by atoms with Crippen LogP contribution >= 0.6 is 0 Å². The maximum absolute atomic E-state index is 13.8. The highest BCUT2D eigenvalue weighted by Gasteiger charge is 2.55. The van der Waals surface area contributed by atoms with Gasteiger partial charge in [0.2, 0.25) is 6.41 Å². The third-order valence-electron chi connectivity index (χ3n) is 6.53. The lowest BCUT2D eigenvalue weighted by atomic mass is 9.91. The molecule has 0 bridgehead atoms. The van der Waals surface area contributed by atoms with E-state index in [0.717, 1.165) is 25.7 Å². The summed E-state index contributed by atoms with van der Waals surface area (Å²) in [4.78, 5) is 50.2. The van der Waals surface area contributed by atoms with Crippen molar-refractivity contribution in [1.29, 1.82) is 0 Å². The molecule has 2 fully saturated rings. The van der Waals surface area contributed by atoms with Gasteiger partial charge in [0.1, 0.15) is 12.1 Å². The number of carbonyl (C=O) groups is 4. The first-order valence-corrected chi connectivity index (χ1v) is 11.1. The third kappa shape index (κ3) is 6.24. The van der Waals surface area contributed by atoms with Crippen LogP contribution in [0.2, 0.25) is 0 Å². The fraction of sp³-hybridized carbons (Fsp3) is 0.810. The number of hydrogen-bond donors (Lipinski definition) is 2. The van der Waals surface area contributed by atoms with Crippen molar-refractivity contribution in [1.82, 2.24) is 10.4 Å². The van der Waals surface area contributed by atoms with E-state index in [9.17, 15) is 24.4 Å². The second-order valence-corrected chi connectivity index (χ2v) is 8.83. The molecule has 176 valence electrons. The predicted molar refractivity (Wildman–Crippen MR) is 110 cm³/mol. The Bertz CT molecular complexity index is 653. The predicted octanol–water partition coefficient (Wildman–Crippen LogP) is 2.44. The number of imide groups is 2. The number of hydrogen-bond acceptors (Lipinski definition) is 7. The molecule has 5 amide bonds. The minimum Gasteiger partial charge on any atom is -0.444 e. The fourth-order valence-electron chi connectivity index (χ4n) is 4.97. The van der Waals surface area contributed by atoms with Gasteiger partial charge in [-0.2, -0.15) is 4.48 Å². The van der Waals surface area contributed by atoms with Crippen molar-refractivity contribution in [2.75, 3.05) is 26.8 Å². The van der Waals surface area contributed by atoms with Crippen molar-refractivity contribution in [3.05, 3.63) is 0 Å². The maximum atomic E-state index is 13.8. The Kier molecular flexibility index (Phi) is 9.39. The van der Waals surface area contributed by atoms with Gasteiger partial charge in [-0.1, -0.05) is 25.7 Å². The number of carbonyl (C=O) groups excluding carboxylic acids is 4.